The number of halogens is 4. The van der Waals surface area contributed by atoms with Gasteiger partial charge >= 0.3 is 6.18 Å². The number of carbonyl (C=O) groups excluding carboxylic acids is 2. The van der Waals surface area contributed by atoms with Crippen LogP contribution in [0, 0.1) is 11.7 Å². The molecule has 12 heteroatoms. The highest BCUT2D eigenvalue weighted by molar-refractivity contribution is 5.81. The van der Waals surface area contributed by atoms with Crippen molar-refractivity contribution >= 4 is 11.8 Å². The van der Waals surface area contributed by atoms with Crippen molar-refractivity contribution in [3.05, 3.63) is 65.0 Å². The van der Waals surface area contributed by atoms with Crippen LogP contribution in [-0.2, 0) is 33.5 Å². The van der Waals surface area contributed by atoms with Gasteiger partial charge in [-0.25, -0.2) is 4.39 Å². The van der Waals surface area contributed by atoms with Gasteiger partial charge in [0.1, 0.15) is 11.6 Å². The van der Waals surface area contributed by atoms with Crippen molar-refractivity contribution < 1.29 is 41.7 Å². The molecule has 3 rings (SSSR count). The Morgan fingerprint density at radius 1 is 1.18 bits per heavy atom. The minimum absolute atomic E-state index is 0.0439. The molecule has 1 aliphatic heterocycles. The largest absolute Gasteiger partial charge is 0.493 e. The molecule has 1 aliphatic rings. The second-order valence-electron chi connectivity index (χ2n) is 11.1. The lowest BCUT2D eigenvalue weighted by Gasteiger charge is -2.27. The standard InChI is InChI=1S/C32H43F4N3O5/c1-3-11-39-12-4-5-13-44-27-16-23(15-26(33)18-27)17-28(38-31(42)24(21-43-2)9-10-30(39)41)29(40)20-37-19-22-7-6-8-25(14-22)32(34,35)36/h6-8,14-16,18,24,28-29,37,40H,3-5,9-13,17,19-21H2,1-2H3,(H,38,42)/t24?,28-,29+/m0/s1. The van der Waals surface area contributed by atoms with Crippen LogP contribution in [0.4, 0.5) is 17.6 Å². The molecule has 244 valence electrons. The molecule has 0 aromatic heterocycles. The molecular weight excluding hydrogens is 582 g/mol. The van der Waals surface area contributed by atoms with Crippen molar-refractivity contribution in [1.82, 2.24) is 15.5 Å². The number of nitrogens with one attached hydrogen (secondary N) is 2. The summed E-state index contributed by atoms with van der Waals surface area (Å²) >= 11 is 0. The lowest BCUT2D eigenvalue weighted by Crippen LogP contribution is -2.50. The molecule has 3 atom stereocenters. The van der Waals surface area contributed by atoms with Crippen molar-refractivity contribution in [3.63, 3.8) is 0 Å². The molecule has 2 bridgehead atoms. The minimum atomic E-state index is -4.48. The Bertz CT molecular complexity index is 1210. The van der Waals surface area contributed by atoms with Gasteiger partial charge in [0.15, 0.2) is 0 Å². The fraction of sp³-hybridized carbons (Fsp3) is 0.562. The van der Waals surface area contributed by atoms with E-state index in [1.54, 1.807) is 11.0 Å². The number of aliphatic hydroxyl groups is 1. The molecule has 0 fully saturated rings. The maximum absolute atomic E-state index is 14.6. The van der Waals surface area contributed by atoms with Gasteiger partial charge in [-0.05, 0) is 61.4 Å². The molecular formula is C32H43F4N3O5. The van der Waals surface area contributed by atoms with Crippen LogP contribution >= 0.6 is 0 Å². The maximum Gasteiger partial charge on any atom is 0.416 e. The topological polar surface area (TPSA) is 100 Å². The van der Waals surface area contributed by atoms with E-state index in [0.717, 1.165) is 18.6 Å². The van der Waals surface area contributed by atoms with E-state index in [-0.39, 0.29) is 44.9 Å². The summed E-state index contributed by atoms with van der Waals surface area (Å²) in [6, 6.07) is 8.19. The predicted molar refractivity (Wildman–Crippen MR) is 157 cm³/mol. The van der Waals surface area contributed by atoms with Crippen LogP contribution in [0.25, 0.3) is 0 Å². The smallest absolute Gasteiger partial charge is 0.416 e. The highest BCUT2D eigenvalue weighted by Crippen LogP contribution is 2.29. The van der Waals surface area contributed by atoms with E-state index in [9.17, 15) is 32.3 Å². The third kappa shape index (κ3) is 11.4. The summed E-state index contributed by atoms with van der Waals surface area (Å²) in [5.41, 5.74) is 0.0837. The second kappa shape index (κ2) is 17.3. The Balaban J connectivity index is 1.81. The van der Waals surface area contributed by atoms with Gasteiger partial charge in [0, 0.05) is 45.8 Å². The van der Waals surface area contributed by atoms with Crippen molar-refractivity contribution in [2.75, 3.05) is 40.0 Å². The number of alkyl halides is 3. The van der Waals surface area contributed by atoms with Crippen LogP contribution in [0.1, 0.15) is 55.7 Å². The highest BCUT2D eigenvalue weighted by atomic mass is 19.4. The summed E-state index contributed by atoms with van der Waals surface area (Å²) in [4.78, 5) is 28.2. The van der Waals surface area contributed by atoms with Gasteiger partial charge in [0.05, 0.1) is 36.8 Å². The van der Waals surface area contributed by atoms with Crippen LogP contribution in [-0.4, -0.2) is 73.9 Å². The molecule has 2 aromatic carbocycles. The van der Waals surface area contributed by atoms with Crippen molar-refractivity contribution in [2.45, 2.75) is 70.3 Å². The first-order valence-electron chi connectivity index (χ1n) is 15.0. The minimum Gasteiger partial charge on any atom is -0.493 e. The summed E-state index contributed by atoms with van der Waals surface area (Å²) in [5.74, 6) is -1.39. The van der Waals surface area contributed by atoms with Crippen LogP contribution in [0.5, 0.6) is 5.75 Å². The number of carbonyl (C=O) groups is 2. The number of benzene rings is 2. The molecule has 2 amide bonds. The first-order chi connectivity index (χ1) is 21.0. The van der Waals surface area contributed by atoms with E-state index in [0.29, 0.717) is 49.4 Å². The van der Waals surface area contributed by atoms with E-state index in [4.69, 9.17) is 9.47 Å². The number of hydrogen-bond donors (Lipinski definition) is 3. The molecule has 0 spiro atoms. The Hall–Kier alpha value is -3.22. The number of ether oxygens (including phenoxy) is 2. The van der Waals surface area contributed by atoms with E-state index in [1.165, 1.54) is 31.4 Å². The van der Waals surface area contributed by atoms with E-state index in [1.807, 2.05) is 6.92 Å². The first kappa shape index (κ1) is 35.3. The van der Waals surface area contributed by atoms with Crippen LogP contribution in [0.15, 0.2) is 42.5 Å². The quantitative estimate of drug-likeness (QED) is 0.356. The van der Waals surface area contributed by atoms with Crippen LogP contribution < -0.4 is 15.4 Å². The average Bonchev–Trinajstić information content (AvgIpc) is 2.97. The van der Waals surface area contributed by atoms with E-state index >= 15 is 0 Å². The maximum atomic E-state index is 14.6. The Labute approximate surface area is 256 Å². The lowest BCUT2D eigenvalue weighted by molar-refractivity contribution is -0.137. The van der Waals surface area contributed by atoms with Crippen molar-refractivity contribution in [3.8, 4) is 5.75 Å². The Morgan fingerprint density at radius 2 is 1.98 bits per heavy atom. The van der Waals surface area contributed by atoms with Gasteiger partial charge in [-0.3, -0.25) is 9.59 Å². The van der Waals surface area contributed by atoms with Crippen molar-refractivity contribution in [2.24, 2.45) is 5.92 Å². The number of methoxy groups -OCH3 is 1. The number of rotatable bonds is 9. The third-order valence-electron chi connectivity index (χ3n) is 7.50. The molecule has 0 saturated carbocycles. The lowest BCUT2D eigenvalue weighted by atomic mass is 9.97. The molecule has 2 aromatic rings. The molecule has 1 heterocycles. The molecule has 3 N–H and O–H groups in total. The predicted octanol–water partition coefficient (Wildman–Crippen LogP) is 4.48. The first-order valence-corrected chi connectivity index (χ1v) is 15.0. The summed E-state index contributed by atoms with van der Waals surface area (Å²) in [6.07, 6.45) is -3.08. The average molecular weight is 626 g/mol. The Kier molecular flexibility index (Phi) is 13.9. The fourth-order valence-corrected chi connectivity index (χ4v) is 5.20. The summed E-state index contributed by atoms with van der Waals surface area (Å²) in [7, 11) is 1.46. The van der Waals surface area contributed by atoms with Gasteiger partial charge < -0.3 is 30.1 Å². The zero-order valence-electron chi connectivity index (χ0n) is 25.3. The van der Waals surface area contributed by atoms with Gasteiger partial charge in [-0.1, -0.05) is 25.1 Å². The number of fused-ring (bicyclic) bond motifs is 2. The Morgan fingerprint density at radius 3 is 2.70 bits per heavy atom. The molecule has 0 radical (unpaired) electrons. The van der Waals surface area contributed by atoms with E-state index in [2.05, 4.69) is 10.6 Å². The van der Waals surface area contributed by atoms with Crippen molar-refractivity contribution in [1.29, 1.82) is 0 Å². The van der Waals surface area contributed by atoms with Crippen LogP contribution in [0.3, 0.4) is 0 Å². The third-order valence-corrected chi connectivity index (χ3v) is 7.50. The second-order valence-corrected chi connectivity index (χ2v) is 11.1. The van der Waals surface area contributed by atoms with Gasteiger partial charge in [0.2, 0.25) is 11.8 Å². The SMILES string of the molecule is CCCN1CCCCOc2cc(F)cc(c2)C[C@@H]([C@H](O)CNCc2cccc(C(F)(F)F)c2)NC(=O)C(COC)CCC1=O. The van der Waals surface area contributed by atoms with Gasteiger partial charge in [0.25, 0.3) is 0 Å². The van der Waals surface area contributed by atoms with Gasteiger partial charge in [-0.15, -0.1) is 0 Å². The molecule has 1 unspecified atom stereocenters. The van der Waals surface area contributed by atoms with Gasteiger partial charge in [-0.2, -0.15) is 13.2 Å². The summed E-state index contributed by atoms with van der Waals surface area (Å²) < 4.78 is 64.9. The molecule has 0 saturated heterocycles. The molecule has 8 nitrogen and oxygen atoms in total. The zero-order valence-corrected chi connectivity index (χ0v) is 25.3. The summed E-state index contributed by atoms with van der Waals surface area (Å²) in [5, 5.41) is 17.0. The fourth-order valence-electron chi connectivity index (χ4n) is 5.20. The number of aliphatic hydroxyl groups excluding tert-OH is 1. The van der Waals surface area contributed by atoms with Crippen LogP contribution in [0.2, 0.25) is 0 Å². The molecule has 0 aliphatic carbocycles. The monoisotopic (exact) mass is 625 g/mol. The number of amides is 2. The normalized spacial score (nSPS) is 20.0. The summed E-state index contributed by atoms with van der Waals surface area (Å²) in [6.45, 7) is 3.49. The van der Waals surface area contributed by atoms with E-state index < -0.39 is 41.5 Å². The highest BCUT2D eigenvalue weighted by Gasteiger charge is 2.31. The number of nitrogens with zero attached hydrogens (tertiary/aromatic N) is 1. The number of hydrogen-bond acceptors (Lipinski definition) is 6. The molecule has 44 heavy (non-hydrogen) atoms. The zero-order chi connectivity index (χ0) is 32.1.